The standard InChI is InChI=1S/C18H22N4O4/c1-5-22-15-7-6-12(8-16(15)25-18(22)24)19-17(23)21(4)10-13-9-14(11(2)3)20-26-13/h6-9,11H,5,10H2,1-4H3,(H,19,23). The summed E-state index contributed by atoms with van der Waals surface area (Å²) in [5.74, 6) is 0.477. The molecule has 3 rings (SSSR count). The molecule has 2 aromatic heterocycles. The van der Waals surface area contributed by atoms with Crippen LogP contribution in [-0.2, 0) is 13.1 Å². The number of aryl methyl sites for hydroxylation is 1. The molecule has 138 valence electrons. The molecule has 0 atom stereocenters. The molecule has 1 aromatic carbocycles. The fraction of sp³-hybridized carbons (Fsp3) is 0.389. The molecule has 0 saturated carbocycles. The maximum atomic E-state index is 12.4. The molecule has 0 unspecified atom stereocenters. The van der Waals surface area contributed by atoms with Gasteiger partial charge in [0.05, 0.1) is 17.8 Å². The second-order valence-electron chi connectivity index (χ2n) is 6.45. The molecule has 8 heteroatoms. The molecule has 1 N–H and O–H groups in total. The molecule has 2 amide bonds. The summed E-state index contributed by atoms with van der Waals surface area (Å²) in [5, 5.41) is 6.77. The van der Waals surface area contributed by atoms with E-state index in [4.69, 9.17) is 8.94 Å². The lowest BCUT2D eigenvalue weighted by Gasteiger charge is -2.16. The van der Waals surface area contributed by atoms with E-state index in [-0.39, 0.29) is 11.9 Å². The van der Waals surface area contributed by atoms with Gasteiger partial charge in [-0.05, 0) is 25.0 Å². The fourth-order valence-electron chi connectivity index (χ4n) is 2.64. The SMILES string of the molecule is CCn1c(=O)oc2cc(NC(=O)N(C)Cc3cc(C(C)C)no3)ccc21. The van der Waals surface area contributed by atoms with Crippen LogP contribution in [0.2, 0.25) is 0 Å². The highest BCUT2D eigenvalue weighted by Crippen LogP contribution is 2.19. The molecule has 0 spiro atoms. The van der Waals surface area contributed by atoms with Crippen molar-refractivity contribution in [2.75, 3.05) is 12.4 Å². The zero-order valence-electron chi connectivity index (χ0n) is 15.3. The molecule has 26 heavy (non-hydrogen) atoms. The van der Waals surface area contributed by atoms with Crippen LogP contribution in [0.1, 0.15) is 38.1 Å². The van der Waals surface area contributed by atoms with Crippen LogP contribution in [0.25, 0.3) is 11.1 Å². The predicted octanol–water partition coefficient (Wildman–Crippen LogP) is 3.39. The highest BCUT2D eigenvalue weighted by atomic mass is 16.5. The average Bonchev–Trinajstić information content (AvgIpc) is 3.17. The lowest BCUT2D eigenvalue weighted by atomic mass is 10.1. The van der Waals surface area contributed by atoms with Crippen LogP contribution in [-0.4, -0.2) is 27.7 Å². The number of urea groups is 1. The van der Waals surface area contributed by atoms with Gasteiger partial charge in [-0.1, -0.05) is 19.0 Å². The Morgan fingerprint density at radius 3 is 2.77 bits per heavy atom. The smallest absolute Gasteiger partial charge is 0.408 e. The number of benzene rings is 1. The first-order valence-electron chi connectivity index (χ1n) is 8.50. The van der Waals surface area contributed by atoms with Gasteiger partial charge in [-0.25, -0.2) is 9.59 Å². The molecular weight excluding hydrogens is 336 g/mol. The van der Waals surface area contributed by atoms with Crippen molar-refractivity contribution in [3.8, 4) is 0 Å². The number of carbonyl (C=O) groups is 1. The van der Waals surface area contributed by atoms with Crippen LogP contribution < -0.4 is 11.1 Å². The zero-order valence-corrected chi connectivity index (χ0v) is 15.3. The average molecular weight is 358 g/mol. The number of hydrogen-bond donors (Lipinski definition) is 1. The monoisotopic (exact) mass is 358 g/mol. The van der Waals surface area contributed by atoms with E-state index in [2.05, 4.69) is 10.5 Å². The third-order valence-electron chi connectivity index (χ3n) is 4.14. The number of aromatic nitrogens is 2. The van der Waals surface area contributed by atoms with Crippen molar-refractivity contribution in [1.29, 1.82) is 0 Å². The first-order valence-corrected chi connectivity index (χ1v) is 8.50. The third kappa shape index (κ3) is 3.49. The van der Waals surface area contributed by atoms with Crippen molar-refractivity contribution < 1.29 is 13.7 Å². The number of nitrogens with zero attached hydrogens (tertiary/aromatic N) is 3. The van der Waals surface area contributed by atoms with E-state index in [9.17, 15) is 9.59 Å². The fourth-order valence-corrected chi connectivity index (χ4v) is 2.64. The van der Waals surface area contributed by atoms with Gasteiger partial charge in [0.1, 0.15) is 0 Å². The number of amides is 2. The van der Waals surface area contributed by atoms with E-state index in [1.807, 2.05) is 26.8 Å². The number of rotatable bonds is 5. The number of carbonyl (C=O) groups excluding carboxylic acids is 1. The maximum absolute atomic E-state index is 12.4. The normalized spacial score (nSPS) is 11.3. The molecule has 2 heterocycles. The Kier molecular flexibility index (Phi) is 4.83. The Morgan fingerprint density at radius 1 is 1.35 bits per heavy atom. The quantitative estimate of drug-likeness (QED) is 0.754. The number of oxazole rings is 1. The summed E-state index contributed by atoms with van der Waals surface area (Å²) in [6, 6.07) is 6.68. The molecule has 3 aromatic rings. The van der Waals surface area contributed by atoms with Crippen molar-refractivity contribution in [1.82, 2.24) is 14.6 Å². The van der Waals surface area contributed by atoms with E-state index in [0.29, 0.717) is 35.6 Å². The Labute approximate surface area is 150 Å². The highest BCUT2D eigenvalue weighted by Gasteiger charge is 2.15. The van der Waals surface area contributed by atoms with Gasteiger partial charge in [-0.3, -0.25) is 4.57 Å². The molecule has 0 aliphatic carbocycles. The van der Waals surface area contributed by atoms with Gasteiger partial charge < -0.3 is 19.2 Å². The summed E-state index contributed by atoms with van der Waals surface area (Å²) < 4.78 is 12.0. The first kappa shape index (κ1) is 17.8. The van der Waals surface area contributed by atoms with Crippen LogP contribution in [0.4, 0.5) is 10.5 Å². The largest absolute Gasteiger partial charge is 0.419 e. The Morgan fingerprint density at radius 2 is 2.12 bits per heavy atom. The second-order valence-corrected chi connectivity index (χ2v) is 6.45. The van der Waals surface area contributed by atoms with Gasteiger partial charge in [0, 0.05) is 31.4 Å². The molecule has 0 fully saturated rings. The highest BCUT2D eigenvalue weighted by molar-refractivity contribution is 5.91. The summed E-state index contributed by atoms with van der Waals surface area (Å²) in [6.07, 6.45) is 0. The van der Waals surface area contributed by atoms with Gasteiger partial charge in [-0.2, -0.15) is 0 Å². The van der Waals surface area contributed by atoms with Gasteiger partial charge in [0.25, 0.3) is 0 Å². The summed E-state index contributed by atoms with van der Waals surface area (Å²) >= 11 is 0. The maximum Gasteiger partial charge on any atom is 0.419 e. The van der Waals surface area contributed by atoms with Crippen LogP contribution in [0.5, 0.6) is 0 Å². The lowest BCUT2D eigenvalue weighted by molar-refractivity contribution is 0.214. The predicted molar refractivity (Wildman–Crippen MR) is 97.2 cm³/mol. The number of nitrogens with one attached hydrogen (secondary N) is 1. The zero-order chi connectivity index (χ0) is 18.8. The second kappa shape index (κ2) is 7.07. The van der Waals surface area contributed by atoms with Crippen LogP contribution >= 0.6 is 0 Å². The van der Waals surface area contributed by atoms with Crippen molar-refractivity contribution in [2.24, 2.45) is 0 Å². The minimum Gasteiger partial charge on any atom is -0.408 e. The Balaban J connectivity index is 1.70. The molecule has 0 aliphatic rings. The minimum absolute atomic E-state index is 0.267. The van der Waals surface area contributed by atoms with Crippen molar-refractivity contribution in [3.63, 3.8) is 0 Å². The molecule has 0 radical (unpaired) electrons. The van der Waals surface area contributed by atoms with Gasteiger partial charge in [0.2, 0.25) is 0 Å². The summed E-state index contributed by atoms with van der Waals surface area (Å²) in [6.45, 7) is 6.75. The van der Waals surface area contributed by atoms with Crippen LogP contribution in [0, 0.1) is 0 Å². The number of hydrogen-bond acceptors (Lipinski definition) is 5. The van der Waals surface area contributed by atoms with Crippen molar-refractivity contribution >= 4 is 22.8 Å². The Bertz CT molecular complexity index is 983. The molecule has 0 bridgehead atoms. The van der Waals surface area contributed by atoms with Gasteiger partial charge in [0.15, 0.2) is 11.3 Å². The van der Waals surface area contributed by atoms with Crippen LogP contribution in [0.3, 0.4) is 0 Å². The van der Waals surface area contributed by atoms with E-state index in [1.54, 1.807) is 25.2 Å². The summed E-state index contributed by atoms with van der Waals surface area (Å²) in [5.41, 5.74) is 2.54. The topological polar surface area (TPSA) is 93.5 Å². The summed E-state index contributed by atoms with van der Waals surface area (Å²) in [4.78, 5) is 25.6. The molecular formula is C18H22N4O4. The van der Waals surface area contributed by atoms with Gasteiger partial charge in [-0.15, -0.1) is 0 Å². The van der Waals surface area contributed by atoms with E-state index in [0.717, 1.165) is 5.69 Å². The van der Waals surface area contributed by atoms with E-state index >= 15 is 0 Å². The molecule has 0 saturated heterocycles. The molecule has 0 aliphatic heterocycles. The summed E-state index contributed by atoms with van der Waals surface area (Å²) in [7, 11) is 1.67. The van der Waals surface area contributed by atoms with E-state index < -0.39 is 5.76 Å². The minimum atomic E-state index is -0.408. The van der Waals surface area contributed by atoms with Gasteiger partial charge >= 0.3 is 11.8 Å². The third-order valence-corrected chi connectivity index (χ3v) is 4.14. The van der Waals surface area contributed by atoms with Crippen molar-refractivity contribution in [3.05, 3.63) is 46.3 Å². The lowest BCUT2D eigenvalue weighted by Crippen LogP contribution is -2.30. The van der Waals surface area contributed by atoms with Crippen LogP contribution in [0.15, 0.2) is 38.0 Å². The van der Waals surface area contributed by atoms with Crippen molar-refractivity contribution in [2.45, 2.75) is 39.8 Å². The first-order chi connectivity index (χ1) is 12.4. The number of fused-ring (bicyclic) bond motifs is 1. The van der Waals surface area contributed by atoms with E-state index in [1.165, 1.54) is 9.47 Å². The Hall–Kier alpha value is -3.03. The number of anilines is 1. The molecule has 8 nitrogen and oxygen atoms in total.